The summed E-state index contributed by atoms with van der Waals surface area (Å²) in [5.74, 6) is 0.0102. The zero-order valence-corrected chi connectivity index (χ0v) is 21.5. The maximum atomic E-state index is 14.6. The molecule has 2 saturated heterocycles. The van der Waals surface area contributed by atoms with Crippen LogP contribution < -0.4 is 5.32 Å². The van der Waals surface area contributed by atoms with Crippen LogP contribution in [0.15, 0.2) is 53.4 Å². The first-order valence-corrected chi connectivity index (χ1v) is 12.7. The zero-order valence-electron chi connectivity index (χ0n) is 21.5. The summed E-state index contributed by atoms with van der Waals surface area (Å²) in [7, 11) is 3.55. The molecule has 0 spiro atoms. The van der Waals surface area contributed by atoms with Crippen molar-refractivity contribution in [2.45, 2.75) is 30.7 Å². The van der Waals surface area contributed by atoms with Crippen LogP contribution in [0, 0.1) is 0 Å². The van der Waals surface area contributed by atoms with E-state index in [4.69, 9.17) is 4.52 Å². The van der Waals surface area contributed by atoms with Crippen molar-refractivity contribution in [3.05, 3.63) is 54.7 Å². The van der Waals surface area contributed by atoms with Crippen molar-refractivity contribution in [3.63, 3.8) is 0 Å². The third kappa shape index (κ3) is 4.74. The van der Waals surface area contributed by atoms with E-state index in [0.29, 0.717) is 53.9 Å². The van der Waals surface area contributed by atoms with Crippen molar-refractivity contribution in [1.29, 1.82) is 0 Å². The summed E-state index contributed by atoms with van der Waals surface area (Å²) >= 11 is 0. The lowest BCUT2D eigenvalue weighted by Crippen LogP contribution is -2.40. The maximum Gasteiger partial charge on any atom is 0.262 e. The van der Waals surface area contributed by atoms with Crippen LogP contribution in [0.4, 0.5) is 16.0 Å². The minimum atomic E-state index is -1.73. The minimum absolute atomic E-state index is 0.0902. The van der Waals surface area contributed by atoms with Crippen LogP contribution in [0.5, 0.6) is 0 Å². The highest BCUT2D eigenvalue weighted by Gasteiger charge is 2.48. The third-order valence-corrected chi connectivity index (χ3v) is 7.26. The molecule has 4 aromatic heterocycles. The number of aromatic nitrogens is 6. The first-order chi connectivity index (χ1) is 18.8. The smallest absolute Gasteiger partial charge is 0.262 e. The predicted molar refractivity (Wildman–Crippen MR) is 138 cm³/mol. The van der Waals surface area contributed by atoms with Crippen molar-refractivity contribution >= 4 is 17.5 Å². The van der Waals surface area contributed by atoms with Crippen molar-refractivity contribution in [3.8, 4) is 22.8 Å². The Labute approximate surface area is 223 Å². The Balaban J connectivity index is 1.19. The van der Waals surface area contributed by atoms with Gasteiger partial charge in [0.25, 0.3) is 5.91 Å². The number of hydrogen-bond acceptors (Lipinski definition) is 10. The molecular weight excluding hydrogens is 505 g/mol. The lowest BCUT2D eigenvalue weighted by molar-refractivity contribution is -0.144. The fourth-order valence-corrected chi connectivity index (χ4v) is 5.01. The van der Waals surface area contributed by atoms with Crippen LogP contribution >= 0.6 is 0 Å². The molecule has 6 rings (SSSR count). The number of pyridine rings is 1. The number of aliphatic hydroxyl groups is 1. The average molecular weight is 534 g/mol. The number of nitrogens with one attached hydrogen (secondary N) is 1. The molecule has 4 aromatic rings. The van der Waals surface area contributed by atoms with Crippen molar-refractivity contribution in [2.75, 3.05) is 39.0 Å². The molecular formula is C26H28FN9O3. The second kappa shape index (κ2) is 9.82. The number of carbonyl (C=O) groups is 1. The molecule has 12 nitrogen and oxygen atoms in total. The monoisotopic (exact) mass is 533 g/mol. The molecule has 2 N–H and O–H groups in total. The van der Waals surface area contributed by atoms with E-state index in [1.165, 1.54) is 4.90 Å². The molecule has 13 heteroatoms. The van der Waals surface area contributed by atoms with Crippen LogP contribution in [0.3, 0.4) is 0 Å². The third-order valence-electron chi connectivity index (χ3n) is 7.26. The van der Waals surface area contributed by atoms with Crippen molar-refractivity contribution < 1.29 is 18.8 Å². The van der Waals surface area contributed by atoms with Gasteiger partial charge in [0.1, 0.15) is 11.9 Å². The molecule has 202 valence electrons. The van der Waals surface area contributed by atoms with E-state index in [0.717, 1.165) is 6.54 Å². The van der Waals surface area contributed by atoms with Gasteiger partial charge in [-0.1, -0.05) is 11.2 Å². The molecule has 39 heavy (non-hydrogen) atoms. The van der Waals surface area contributed by atoms with Gasteiger partial charge >= 0.3 is 0 Å². The highest BCUT2D eigenvalue weighted by atomic mass is 19.1. The van der Waals surface area contributed by atoms with E-state index in [2.05, 4.69) is 30.5 Å². The molecule has 0 radical (unpaired) electrons. The Morgan fingerprint density at radius 3 is 2.69 bits per heavy atom. The molecule has 0 saturated carbocycles. The second-order valence-electron chi connectivity index (χ2n) is 10.1. The first-order valence-electron chi connectivity index (χ1n) is 12.7. The maximum absolute atomic E-state index is 14.6. The minimum Gasteiger partial charge on any atom is -0.373 e. The van der Waals surface area contributed by atoms with Gasteiger partial charge in [-0.2, -0.15) is 5.10 Å². The quantitative estimate of drug-likeness (QED) is 0.380. The van der Waals surface area contributed by atoms with Gasteiger partial charge in [0.05, 0.1) is 35.0 Å². The number of alkyl halides is 1. The number of anilines is 2. The number of piperidine rings is 1. The van der Waals surface area contributed by atoms with E-state index in [9.17, 15) is 14.3 Å². The lowest BCUT2D eigenvalue weighted by atomic mass is 9.98. The Kier molecular flexibility index (Phi) is 6.31. The normalized spacial score (nSPS) is 23.9. The number of rotatable bonds is 6. The van der Waals surface area contributed by atoms with Gasteiger partial charge in [-0.15, -0.1) is 0 Å². The molecule has 2 aliphatic heterocycles. The van der Waals surface area contributed by atoms with Crippen molar-refractivity contribution in [2.24, 2.45) is 0 Å². The van der Waals surface area contributed by atoms with Crippen LogP contribution in [0.25, 0.3) is 22.8 Å². The molecule has 0 aromatic carbocycles. The molecule has 2 fully saturated rings. The van der Waals surface area contributed by atoms with Gasteiger partial charge in [-0.05, 0) is 31.7 Å². The Morgan fingerprint density at radius 1 is 1.13 bits per heavy atom. The topological polar surface area (TPSA) is 138 Å². The highest BCUT2D eigenvalue weighted by Crippen LogP contribution is 2.34. The molecule has 0 aliphatic carbocycles. The number of halogens is 1. The summed E-state index contributed by atoms with van der Waals surface area (Å²) in [4.78, 5) is 29.4. The molecule has 1 amide bonds. The molecule has 0 bridgehead atoms. The van der Waals surface area contributed by atoms with Gasteiger partial charge in [0.2, 0.25) is 11.5 Å². The van der Waals surface area contributed by atoms with Gasteiger partial charge in [0.15, 0.2) is 5.76 Å². The van der Waals surface area contributed by atoms with E-state index >= 15 is 0 Å². The summed E-state index contributed by atoms with van der Waals surface area (Å²) in [6.07, 6.45) is 4.93. The second-order valence-corrected chi connectivity index (χ2v) is 10.1. The number of likely N-dealkylation sites (tertiary alicyclic amines) is 2. The van der Waals surface area contributed by atoms with E-state index < -0.39 is 17.7 Å². The molecule has 2 aliphatic rings. The average Bonchev–Trinajstić information content (AvgIpc) is 3.67. The first kappa shape index (κ1) is 25.1. The zero-order chi connectivity index (χ0) is 27.1. The standard InChI is InChI=1S/C26H28FN9O3/c1-34-10-7-22(17(27)15-34)36-14-16(13-29-36)30-25-28-9-6-20(32-25)18-4-3-5-19(31-18)21-12-23(39-33-21)26(38)8-11-35(2)24(26)37/h3-6,9,12-14,17,22,38H,7-8,10-11,15H2,1-2H3,(H,28,30,32)/t17-,22-,26?/m1/s1. The fourth-order valence-electron chi connectivity index (χ4n) is 5.01. The van der Waals surface area contributed by atoms with Crippen molar-refractivity contribution in [1.82, 2.24) is 39.7 Å². The summed E-state index contributed by atoms with van der Waals surface area (Å²) in [6, 6.07) is 8.34. The fraction of sp³-hybridized carbons (Fsp3) is 0.385. The molecule has 6 heterocycles. The van der Waals surface area contributed by atoms with Gasteiger partial charge in [0, 0.05) is 51.6 Å². The number of nitrogens with zero attached hydrogens (tertiary/aromatic N) is 8. The van der Waals surface area contributed by atoms with Gasteiger partial charge in [-0.25, -0.2) is 19.3 Å². The Morgan fingerprint density at radius 2 is 1.92 bits per heavy atom. The van der Waals surface area contributed by atoms with Gasteiger partial charge < -0.3 is 24.7 Å². The SMILES string of the molecule is CN1CC[C@@H](n2cc(Nc3nccc(-c4cccc(-c5cc(C6(O)CCN(C)C6=O)on5)n4)n3)cn2)[C@H](F)C1. The molecule has 3 atom stereocenters. The summed E-state index contributed by atoms with van der Waals surface area (Å²) in [5.41, 5.74) is 0.953. The van der Waals surface area contributed by atoms with E-state index in [-0.39, 0.29) is 18.2 Å². The summed E-state index contributed by atoms with van der Waals surface area (Å²) in [5, 5.41) is 22.4. The number of hydrogen-bond donors (Lipinski definition) is 2. The highest BCUT2D eigenvalue weighted by molar-refractivity contribution is 5.87. The summed E-state index contributed by atoms with van der Waals surface area (Å²) in [6.45, 7) is 1.63. The predicted octanol–water partition coefficient (Wildman–Crippen LogP) is 2.40. The van der Waals surface area contributed by atoms with Crippen LogP contribution in [-0.4, -0.2) is 90.6 Å². The molecule has 1 unspecified atom stereocenters. The van der Waals surface area contributed by atoms with Crippen LogP contribution in [0.1, 0.15) is 24.6 Å². The number of carbonyl (C=O) groups excluding carboxylic acids is 1. The van der Waals surface area contributed by atoms with Gasteiger partial charge in [-0.3, -0.25) is 9.48 Å². The largest absolute Gasteiger partial charge is 0.373 e. The van der Waals surface area contributed by atoms with E-state index in [1.807, 2.05) is 18.0 Å². The van der Waals surface area contributed by atoms with Crippen LogP contribution in [0.2, 0.25) is 0 Å². The Hall–Kier alpha value is -4.23. The lowest BCUT2D eigenvalue weighted by Gasteiger charge is -2.32. The summed E-state index contributed by atoms with van der Waals surface area (Å²) < 4.78 is 21.6. The van der Waals surface area contributed by atoms with Crippen LogP contribution in [-0.2, 0) is 10.4 Å². The number of likely N-dealkylation sites (N-methyl/N-ethyl adjacent to an activating group) is 1. The number of amides is 1. The van der Waals surface area contributed by atoms with E-state index in [1.54, 1.807) is 54.6 Å². The Bertz CT molecular complexity index is 1510.